The van der Waals surface area contributed by atoms with E-state index >= 15 is 0 Å². The van der Waals surface area contributed by atoms with Gasteiger partial charge in [-0.15, -0.1) is 0 Å². The van der Waals surface area contributed by atoms with E-state index in [9.17, 15) is 0 Å². The molecule has 0 saturated carbocycles. The molecule has 0 aliphatic carbocycles. The number of ether oxygens (including phenoxy) is 1. The van der Waals surface area contributed by atoms with E-state index in [1.165, 1.54) is 5.56 Å². The van der Waals surface area contributed by atoms with Gasteiger partial charge in [0.15, 0.2) is 0 Å². The summed E-state index contributed by atoms with van der Waals surface area (Å²) in [6.45, 7) is 4.79. The minimum Gasteiger partial charge on any atom is -0.377 e. The number of allylic oxidation sites excluding steroid dienone is 1. The van der Waals surface area contributed by atoms with Crippen LogP contribution in [0.3, 0.4) is 0 Å². The van der Waals surface area contributed by atoms with Gasteiger partial charge in [-0.1, -0.05) is 42.5 Å². The summed E-state index contributed by atoms with van der Waals surface area (Å²) in [5.74, 6) is 0. The molecule has 0 bridgehead atoms. The maximum absolute atomic E-state index is 5.07. The first kappa shape index (κ1) is 10.0. The fraction of sp³-hybridized carbons (Fsp3) is 0.250. The molecule has 0 aromatic heterocycles. The normalized spacial score (nSPS) is 10.8. The van der Waals surface area contributed by atoms with E-state index in [4.69, 9.17) is 4.74 Å². The van der Waals surface area contributed by atoms with Gasteiger partial charge in [0.05, 0.1) is 6.61 Å². The van der Waals surface area contributed by atoms with Gasteiger partial charge in [-0.3, -0.25) is 0 Å². The van der Waals surface area contributed by atoms with E-state index in [0.717, 1.165) is 6.42 Å². The van der Waals surface area contributed by atoms with Crippen molar-refractivity contribution >= 4 is 0 Å². The topological polar surface area (TPSA) is 9.23 Å². The summed E-state index contributed by atoms with van der Waals surface area (Å²) in [6.07, 6.45) is 5.12. The van der Waals surface area contributed by atoms with Crippen LogP contribution in [0.2, 0.25) is 0 Å². The lowest BCUT2D eigenvalue weighted by Crippen LogP contribution is -1.88. The average molecular weight is 175 g/mol. The monoisotopic (exact) mass is 175 g/mol. The number of hydrogen-bond donors (Lipinski definition) is 0. The van der Waals surface area contributed by atoms with Gasteiger partial charge in [0, 0.05) is 6.61 Å². The zero-order valence-corrected chi connectivity index (χ0v) is 7.78. The fourth-order valence-corrected chi connectivity index (χ4v) is 1.05. The molecule has 0 atom stereocenters. The molecule has 0 aliphatic heterocycles. The smallest absolute Gasteiger partial charge is 0.0647 e. The van der Waals surface area contributed by atoms with Gasteiger partial charge >= 0.3 is 0 Å². The molecule has 1 radical (unpaired) electrons. The number of hydrogen-bond acceptors (Lipinski definition) is 1. The van der Waals surface area contributed by atoms with Crippen LogP contribution in [0.4, 0.5) is 0 Å². The van der Waals surface area contributed by atoms with Crippen molar-refractivity contribution in [2.45, 2.75) is 6.42 Å². The highest BCUT2D eigenvalue weighted by Gasteiger charge is 1.84. The molecule has 1 heteroatoms. The van der Waals surface area contributed by atoms with E-state index in [-0.39, 0.29) is 0 Å². The molecule has 1 rings (SSSR count). The summed E-state index contributed by atoms with van der Waals surface area (Å²) in [6, 6.07) is 10.4. The van der Waals surface area contributed by atoms with Crippen molar-refractivity contribution in [2.24, 2.45) is 0 Å². The Hall–Kier alpha value is -1.08. The van der Waals surface area contributed by atoms with Gasteiger partial charge in [0.1, 0.15) is 0 Å². The third-order valence-electron chi connectivity index (χ3n) is 1.72. The van der Waals surface area contributed by atoms with Crippen molar-refractivity contribution < 1.29 is 4.74 Å². The molecule has 0 saturated heterocycles. The SMILES string of the molecule is [CH2]COC/C=C/Cc1ccccc1. The van der Waals surface area contributed by atoms with Crippen molar-refractivity contribution in [3.8, 4) is 0 Å². The molecule has 1 nitrogen and oxygen atoms in total. The van der Waals surface area contributed by atoms with Crippen LogP contribution >= 0.6 is 0 Å². The maximum atomic E-state index is 5.07. The van der Waals surface area contributed by atoms with E-state index in [0.29, 0.717) is 13.2 Å². The fourth-order valence-electron chi connectivity index (χ4n) is 1.05. The van der Waals surface area contributed by atoms with Crippen LogP contribution in [0.1, 0.15) is 5.56 Å². The first-order chi connectivity index (χ1) is 6.43. The lowest BCUT2D eigenvalue weighted by atomic mass is 10.1. The Morgan fingerprint density at radius 1 is 1.15 bits per heavy atom. The number of rotatable bonds is 5. The molecule has 69 valence electrons. The minimum absolute atomic E-state index is 0.537. The first-order valence-electron chi connectivity index (χ1n) is 4.49. The van der Waals surface area contributed by atoms with Gasteiger partial charge in [-0.05, 0) is 18.9 Å². The maximum Gasteiger partial charge on any atom is 0.0647 e. The average Bonchev–Trinajstić information content (AvgIpc) is 2.19. The molecule has 0 aliphatic rings. The summed E-state index contributed by atoms with van der Waals surface area (Å²) < 4.78 is 5.07. The van der Waals surface area contributed by atoms with E-state index in [1.807, 2.05) is 12.1 Å². The Morgan fingerprint density at radius 2 is 1.92 bits per heavy atom. The summed E-state index contributed by atoms with van der Waals surface area (Å²) in [4.78, 5) is 0. The molecule has 0 N–H and O–H groups in total. The molecule has 0 fully saturated rings. The molecule has 13 heavy (non-hydrogen) atoms. The third kappa shape index (κ3) is 4.48. The second-order valence-electron chi connectivity index (χ2n) is 2.74. The standard InChI is InChI=1S/C12H15O/c1-2-13-11-7-6-10-12-8-4-3-5-9-12/h3-9H,1-2,10-11H2/b7-6+. The lowest BCUT2D eigenvalue weighted by Gasteiger charge is -1.95. The lowest BCUT2D eigenvalue weighted by molar-refractivity contribution is 0.192. The summed E-state index contributed by atoms with van der Waals surface area (Å²) in [7, 11) is 0. The van der Waals surface area contributed by atoms with E-state index < -0.39 is 0 Å². The predicted molar refractivity (Wildman–Crippen MR) is 55.5 cm³/mol. The Bertz CT molecular complexity index is 239. The largest absolute Gasteiger partial charge is 0.377 e. The van der Waals surface area contributed by atoms with Crippen molar-refractivity contribution in [3.63, 3.8) is 0 Å². The molecule has 0 amide bonds. The summed E-state index contributed by atoms with van der Waals surface area (Å²) in [5.41, 5.74) is 1.33. The molecule has 1 aromatic carbocycles. The second kappa shape index (κ2) is 6.44. The summed E-state index contributed by atoms with van der Waals surface area (Å²) in [5, 5.41) is 0. The molecular weight excluding hydrogens is 160 g/mol. The summed E-state index contributed by atoms with van der Waals surface area (Å²) >= 11 is 0. The Balaban J connectivity index is 2.23. The Morgan fingerprint density at radius 3 is 2.62 bits per heavy atom. The number of benzene rings is 1. The third-order valence-corrected chi connectivity index (χ3v) is 1.72. The molecule has 1 aromatic rings. The van der Waals surface area contributed by atoms with Crippen molar-refractivity contribution in [2.75, 3.05) is 13.2 Å². The van der Waals surface area contributed by atoms with Crippen molar-refractivity contribution in [1.82, 2.24) is 0 Å². The zero-order chi connectivity index (χ0) is 9.36. The minimum atomic E-state index is 0.537. The van der Waals surface area contributed by atoms with Crippen LogP contribution < -0.4 is 0 Å². The van der Waals surface area contributed by atoms with Crippen LogP contribution in [-0.2, 0) is 11.2 Å². The van der Waals surface area contributed by atoms with Gasteiger partial charge in [0.2, 0.25) is 0 Å². The van der Waals surface area contributed by atoms with Crippen LogP contribution in [0.15, 0.2) is 42.5 Å². The highest BCUT2D eigenvalue weighted by molar-refractivity contribution is 5.17. The van der Waals surface area contributed by atoms with Crippen molar-refractivity contribution in [3.05, 3.63) is 55.0 Å². The van der Waals surface area contributed by atoms with Crippen molar-refractivity contribution in [1.29, 1.82) is 0 Å². The van der Waals surface area contributed by atoms with Crippen LogP contribution in [0.25, 0.3) is 0 Å². The highest BCUT2D eigenvalue weighted by atomic mass is 16.5. The molecule has 0 unspecified atom stereocenters. The first-order valence-corrected chi connectivity index (χ1v) is 4.49. The molecule has 0 spiro atoms. The van der Waals surface area contributed by atoms with Gasteiger partial charge in [0.25, 0.3) is 0 Å². The van der Waals surface area contributed by atoms with Crippen LogP contribution in [0, 0.1) is 6.92 Å². The van der Waals surface area contributed by atoms with Crippen LogP contribution in [0.5, 0.6) is 0 Å². The van der Waals surface area contributed by atoms with Gasteiger partial charge in [-0.25, -0.2) is 0 Å². The highest BCUT2D eigenvalue weighted by Crippen LogP contribution is 1.99. The predicted octanol–water partition coefficient (Wildman–Crippen LogP) is 2.64. The molecular formula is C12H15O. The van der Waals surface area contributed by atoms with Crippen LogP contribution in [-0.4, -0.2) is 13.2 Å². The quantitative estimate of drug-likeness (QED) is 0.494. The van der Waals surface area contributed by atoms with Gasteiger partial charge in [-0.2, -0.15) is 0 Å². The van der Waals surface area contributed by atoms with E-state index in [2.05, 4.69) is 37.3 Å². The molecule has 0 heterocycles. The second-order valence-corrected chi connectivity index (χ2v) is 2.74. The van der Waals surface area contributed by atoms with E-state index in [1.54, 1.807) is 0 Å². The Kier molecular flexibility index (Phi) is 4.95. The zero-order valence-electron chi connectivity index (χ0n) is 7.78. The van der Waals surface area contributed by atoms with Gasteiger partial charge < -0.3 is 4.74 Å². The Labute approximate surface area is 80.0 Å².